The summed E-state index contributed by atoms with van der Waals surface area (Å²) in [5, 5.41) is 0. The van der Waals surface area contributed by atoms with Crippen molar-refractivity contribution in [2.45, 2.75) is 13.8 Å². The molecule has 0 saturated heterocycles. The number of rotatable bonds is 2. The van der Waals surface area contributed by atoms with E-state index in [1.165, 1.54) is 22.3 Å². The second kappa shape index (κ2) is 4.96. The highest BCUT2D eigenvalue weighted by atomic mass is 14.9. The van der Waals surface area contributed by atoms with Crippen molar-refractivity contribution in [1.82, 2.24) is 0 Å². The first kappa shape index (κ1) is 11.6. The van der Waals surface area contributed by atoms with E-state index in [1.54, 1.807) is 0 Å². The molecule has 0 amide bonds. The first-order chi connectivity index (χ1) is 8.15. The quantitative estimate of drug-likeness (QED) is 0.689. The van der Waals surface area contributed by atoms with Crippen LogP contribution in [0.5, 0.6) is 0 Å². The zero-order valence-corrected chi connectivity index (χ0v) is 10.6. The normalized spacial score (nSPS) is 11.0. The highest BCUT2D eigenvalue weighted by molar-refractivity contribution is 5.69. The predicted octanol–water partition coefficient (Wildman–Crippen LogP) is 3.30. The van der Waals surface area contributed by atoms with Crippen molar-refractivity contribution in [3.05, 3.63) is 65.0 Å². The monoisotopic (exact) mass is 224 g/mol. The summed E-state index contributed by atoms with van der Waals surface area (Å²) in [5.41, 5.74) is 5.16. The van der Waals surface area contributed by atoms with E-state index in [0.29, 0.717) is 0 Å². The van der Waals surface area contributed by atoms with Gasteiger partial charge in [-0.15, -0.1) is 0 Å². The molecule has 1 aromatic carbocycles. The van der Waals surface area contributed by atoms with E-state index in [9.17, 15) is 0 Å². The van der Waals surface area contributed by atoms with E-state index in [1.807, 2.05) is 11.6 Å². The van der Waals surface area contributed by atoms with Crippen molar-refractivity contribution in [2.75, 3.05) is 0 Å². The molecule has 2 rings (SSSR count). The lowest BCUT2D eigenvalue weighted by Crippen LogP contribution is -2.25. The van der Waals surface area contributed by atoms with Crippen molar-refractivity contribution in [3.63, 3.8) is 0 Å². The molecule has 0 N–H and O–H groups in total. The average Bonchev–Trinajstić information content (AvgIpc) is 2.33. The number of pyridine rings is 1. The van der Waals surface area contributed by atoms with Crippen molar-refractivity contribution in [1.29, 1.82) is 0 Å². The molecule has 0 aliphatic carbocycles. The van der Waals surface area contributed by atoms with Crippen molar-refractivity contribution >= 4 is 12.2 Å². The number of hydrogen-bond donors (Lipinski definition) is 0. The number of hydrogen-bond acceptors (Lipinski definition) is 0. The molecule has 1 heteroatoms. The molecular formula is C16H18N+. The van der Waals surface area contributed by atoms with Crippen LogP contribution in [0, 0.1) is 13.8 Å². The van der Waals surface area contributed by atoms with Gasteiger partial charge in [0.05, 0.1) is 0 Å². The maximum atomic E-state index is 2.22. The third-order valence-corrected chi connectivity index (χ3v) is 3.00. The minimum atomic E-state index is 1.22. The van der Waals surface area contributed by atoms with Crippen LogP contribution in [0.1, 0.15) is 22.3 Å². The summed E-state index contributed by atoms with van der Waals surface area (Å²) in [7, 11) is 2.02. The molecule has 0 unspecified atom stereocenters. The second-order valence-electron chi connectivity index (χ2n) is 4.47. The van der Waals surface area contributed by atoms with Gasteiger partial charge in [0.1, 0.15) is 7.05 Å². The molecule has 0 saturated carbocycles. The fourth-order valence-electron chi connectivity index (χ4n) is 1.68. The Bertz CT molecular complexity index is 536. The Hall–Kier alpha value is -1.89. The number of aryl methyl sites for hydroxylation is 3. The van der Waals surface area contributed by atoms with Crippen LogP contribution in [-0.4, -0.2) is 0 Å². The largest absolute Gasteiger partial charge is 0.208 e. The maximum Gasteiger partial charge on any atom is 0.169 e. The van der Waals surface area contributed by atoms with Gasteiger partial charge >= 0.3 is 0 Å². The molecule has 0 atom stereocenters. The number of nitrogens with zero attached hydrogens (tertiary/aromatic N) is 1. The molecule has 17 heavy (non-hydrogen) atoms. The lowest BCUT2D eigenvalue weighted by molar-refractivity contribution is -0.671. The summed E-state index contributed by atoms with van der Waals surface area (Å²) in [6.45, 7) is 4.29. The summed E-state index contributed by atoms with van der Waals surface area (Å²) >= 11 is 0. The lowest BCUT2D eigenvalue weighted by atomic mass is 10.1. The average molecular weight is 224 g/mol. The van der Waals surface area contributed by atoms with E-state index >= 15 is 0 Å². The van der Waals surface area contributed by atoms with Gasteiger partial charge in [0.25, 0.3) is 0 Å². The van der Waals surface area contributed by atoms with Crippen LogP contribution >= 0.6 is 0 Å². The number of aromatic nitrogens is 1. The van der Waals surface area contributed by atoms with Crippen LogP contribution in [0.15, 0.2) is 42.7 Å². The fourth-order valence-corrected chi connectivity index (χ4v) is 1.68. The predicted molar refractivity (Wildman–Crippen MR) is 72.5 cm³/mol. The van der Waals surface area contributed by atoms with E-state index in [4.69, 9.17) is 0 Å². The first-order valence-corrected chi connectivity index (χ1v) is 5.86. The van der Waals surface area contributed by atoms with E-state index in [-0.39, 0.29) is 0 Å². The molecule has 1 heterocycles. The zero-order valence-electron chi connectivity index (χ0n) is 10.6. The standard InChI is InChI=1S/C16H18N/c1-13-4-5-16(12-14(13)2)7-6-15-8-10-17(3)11-9-15/h4-12H,1-3H3/q+1/b7-6+. The van der Waals surface area contributed by atoms with Crippen LogP contribution in [0.3, 0.4) is 0 Å². The van der Waals surface area contributed by atoms with Crippen LogP contribution in [0.25, 0.3) is 12.2 Å². The lowest BCUT2D eigenvalue weighted by Gasteiger charge is -2.00. The maximum absolute atomic E-state index is 2.22. The van der Waals surface area contributed by atoms with E-state index < -0.39 is 0 Å². The molecule has 0 fully saturated rings. The first-order valence-electron chi connectivity index (χ1n) is 5.86. The Labute approximate surface area is 103 Å². The van der Waals surface area contributed by atoms with Crippen molar-refractivity contribution in [3.8, 4) is 0 Å². The highest BCUT2D eigenvalue weighted by Gasteiger charge is 1.94. The van der Waals surface area contributed by atoms with Gasteiger partial charge in [-0.05, 0) is 36.1 Å². The smallest absolute Gasteiger partial charge is 0.169 e. The topological polar surface area (TPSA) is 3.88 Å². The molecule has 0 aliphatic rings. The van der Waals surface area contributed by atoms with Gasteiger partial charge in [-0.3, -0.25) is 0 Å². The van der Waals surface area contributed by atoms with Gasteiger partial charge in [-0.2, -0.15) is 0 Å². The van der Waals surface area contributed by atoms with Gasteiger partial charge < -0.3 is 0 Å². The Morgan fingerprint density at radius 3 is 2.12 bits per heavy atom. The van der Waals surface area contributed by atoms with Gasteiger partial charge in [0, 0.05) is 12.1 Å². The second-order valence-corrected chi connectivity index (χ2v) is 4.47. The van der Waals surface area contributed by atoms with Gasteiger partial charge in [0.15, 0.2) is 12.4 Å². The van der Waals surface area contributed by atoms with Crippen LogP contribution < -0.4 is 4.57 Å². The van der Waals surface area contributed by atoms with Crippen molar-refractivity contribution in [2.24, 2.45) is 7.05 Å². The molecule has 0 aliphatic heterocycles. The third-order valence-electron chi connectivity index (χ3n) is 3.00. The van der Waals surface area contributed by atoms with Crippen LogP contribution in [-0.2, 0) is 7.05 Å². The Morgan fingerprint density at radius 1 is 0.824 bits per heavy atom. The Balaban J connectivity index is 2.20. The van der Waals surface area contributed by atoms with Gasteiger partial charge in [-0.1, -0.05) is 30.4 Å². The van der Waals surface area contributed by atoms with E-state index in [2.05, 4.69) is 68.7 Å². The highest BCUT2D eigenvalue weighted by Crippen LogP contribution is 2.12. The summed E-state index contributed by atoms with van der Waals surface area (Å²) < 4.78 is 2.04. The Kier molecular flexibility index (Phi) is 3.38. The van der Waals surface area contributed by atoms with Crippen molar-refractivity contribution < 1.29 is 4.57 Å². The minimum Gasteiger partial charge on any atom is -0.208 e. The molecule has 1 nitrogen and oxygen atoms in total. The van der Waals surface area contributed by atoms with Crippen LogP contribution in [0.4, 0.5) is 0 Å². The molecule has 0 bridgehead atoms. The molecule has 0 radical (unpaired) electrons. The molecule has 0 spiro atoms. The van der Waals surface area contributed by atoms with E-state index in [0.717, 1.165) is 0 Å². The Morgan fingerprint density at radius 2 is 1.47 bits per heavy atom. The molecule has 86 valence electrons. The summed E-state index contributed by atoms with van der Waals surface area (Å²) in [6.07, 6.45) is 8.41. The molecular weight excluding hydrogens is 206 g/mol. The van der Waals surface area contributed by atoms with Gasteiger partial charge in [-0.25, -0.2) is 4.57 Å². The number of benzene rings is 1. The van der Waals surface area contributed by atoms with Crippen LogP contribution in [0.2, 0.25) is 0 Å². The zero-order chi connectivity index (χ0) is 12.3. The SMILES string of the molecule is Cc1ccc(/C=C/c2cc[n+](C)cc2)cc1C. The molecule has 2 aromatic rings. The summed E-state index contributed by atoms with van der Waals surface area (Å²) in [6, 6.07) is 10.8. The third kappa shape index (κ3) is 3.04. The van der Waals surface area contributed by atoms with Gasteiger partial charge in [0.2, 0.25) is 0 Å². The summed E-state index contributed by atoms with van der Waals surface area (Å²) in [4.78, 5) is 0. The fraction of sp³-hybridized carbons (Fsp3) is 0.188. The molecule has 1 aromatic heterocycles. The minimum absolute atomic E-state index is 1.22. The summed E-state index contributed by atoms with van der Waals surface area (Å²) in [5.74, 6) is 0.